The second kappa shape index (κ2) is 6.74. The van der Waals surface area contributed by atoms with Gasteiger partial charge in [-0.1, -0.05) is 18.6 Å². The Balaban J connectivity index is 1.86. The van der Waals surface area contributed by atoms with E-state index in [-0.39, 0.29) is 24.2 Å². The molecule has 1 fully saturated rings. The smallest absolute Gasteiger partial charge is 0.358 e. The second-order valence-electron chi connectivity index (χ2n) is 4.71. The summed E-state index contributed by atoms with van der Waals surface area (Å²) < 4.78 is 1.25. The van der Waals surface area contributed by atoms with E-state index in [1.165, 1.54) is 10.9 Å². The normalized spacial score (nSPS) is 21.9. The third kappa shape index (κ3) is 3.72. The van der Waals surface area contributed by atoms with Crippen LogP contribution >= 0.6 is 11.8 Å². The van der Waals surface area contributed by atoms with Crippen LogP contribution in [0.15, 0.2) is 6.20 Å². The molecule has 110 valence electrons. The summed E-state index contributed by atoms with van der Waals surface area (Å²) in [4.78, 5) is 22.6. The van der Waals surface area contributed by atoms with Crippen molar-refractivity contribution in [2.24, 2.45) is 0 Å². The third-order valence-corrected chi connectivity index (χ3v) is 4.57. The number of carbonyl (C=O) groups excluding carboxylic acids is 1. The molecule has 1 aromatic rings. The molecule has 2 rings (SSSR count). The van der Waals surface area contributed by atoms with Crippen LogP contribution in [0, 0.1) is 0 Å². The number of carboxylic acid groups (broad SMARTS) is 1. The number of hydrogen-bond donors (Lipinski definition) is 2. The number of aromatic nitrogens is 3. The molecule has 1 aliphatic carbocycles. The molecule has 2 atom stereocenters. The zero-order valence-electron chi connectivity index (χ0n) is 11.3. The van der Waals surface area contributed by atoms with Crippen LogP contribution < -0.4 is 5.32 Å². The number of rotatable bonds is 6. The summed E-state index contributed by atoms with van der Waals surface area (Å²) in [5.74, 6) is -0.255. The van der Waals surface area contributed by atoms with Gasteiger partial charge in [0.1, 0.15) is 6.54 Å². The van der Waals surface area contributed by atoms with E-state index in [0.29, 0.717) is 5.25 Å². The molecule has 0 radical (unpaired) electrons. The van der Waals surface area contributed by atoms with Crippen LogP contribution in [-0.4, -0.2) is 49.0 Å². The van der Waals surface area contributed by atoms with E-state index in [1.807, 2.05) is 11.8 Å². The zero-order valence-corrected chi connectivity index (χ0v) is 12.1. The average Bonchev–Trinajstić information content (AvgIpc) is 3.00. The van der Waals surface area contributed by atoms with Gasteiger partial charge in [-0.3, -0.25) is 4.79 Å². The number of nitrogens with one attached hydrogen (secondary N) is 1. The van der Waals surface area contributed by atoms with Gasteiger partial charge in [-0.05, 0) is 18.6 Å². The Morgan fingerprint density at radius 3 is 3.00 bits per heavy atom. The van der Waals surface area contributed by atoms with Crippen molar-refractivity contribution in [1.82, 2.24) is 20.3 Å². The van der Waals surface area contributed by atoms with E-state index in [2.05, 4.69) is 22.6 Å². The number of carboxylic acids is 1. The first kappa shape index (κ1) is 14.8. The number of nitrogens with zero attached hydrogens (tertiary/aromatic N) is 3. The van der Waals surface area contributed by atoms with E-state index in [4.69, 9.17) is 5.11 Å². The van der Waals surface area contributed by atoms with E-state index in [1.54, 1.807) is 0 Å². The van der Waals surface area contributed by atoms with Gasteiger partial charge in [-0.25, -0.2) is 9.48 Å². The molecule has 1 aromatic heterocycles. The Kier molecular flexibility index (Phi) is 4.99. The number of carbonyl (C=O) groups is 2. The van der Waals surface area contributed by atoms with Crippen LogP contribution in [0.3, 0.4) is 0 Å². The highest BCUT2D eigenvalue weighted by Gasteiger charge is 2.28. The molecule has 0 saturated heterocycles. The molecule has 0 aromatic carbocycles. The molecular formula is C12H18N4O3S. The van der Waals surface area contributed by atoms with Gasteiger partial charge in [0.05, 0.1) is 6.20 Å². The van der Waals surface area contributed by atoms with Crippen molar-refractivity contribution in [3.63, 3.8) is 0 Å². The third-order valence-electron chi connectivity index (χ3n) is 3.24. The fourth-order valence-electron chi connectivity index (χ4n) is 2.38. The maximum absolute atomic E-state index is 11.9. The molecule has 1 aliphatic rings. The fraction of sp³-hybridized carbons (Fsp3) is 0.667. The molecule has 1 saturated carbocycles. The van der Waals surface area contributed by atoms with Crippen LogP contribution in [0.1, 0.15) is 36.7 Å². The van der Waals surface area contributed by atoms with Crippen molar-refractivity contribution in [3.05, 3.63) is 11.9 Å². The lowest BCUT2D eigenvalue weighted by atomic mass is 10.2. The summed E-state index contributed by atoms with van der Waals surface area (Å²) in [5.41, 5.74) is -0.155. The minimum absolute atomic E-state index is 0.000289. The van der Waals surface area contributed by atoms with Gasteiger partial charge in [-0.2, -0.15) is 11.8 Å². The topological polar surface area (TPSA) is 97.1 Å². The van der Waals surface area contributed by atoms with Gasteiger partial charge in [0, 0.05) is 11.3 Å². The monoisotopic (exact) mass is 298 g/mol. The Hall–Kier alpha value is -1.57. The lowest BCUT2D eigenvalue weighted by Gasteiger charge is -2.19. The maximum atomic E-state index is 11.9. The number of aromatic carboxylic acids is 1. The first-order valence-electron chi connectivity index (χ1n) is 6.64. The van der Waals surface area contributed by atoms with E-state index >= 15 is 0 Å². The summed E-state index contributed by atoms with van der Waals surface area (Å²) in [6.45, 7) is 2.12. The van der Waals surface area contributed by atoms with Gasteiger partial charge in [-0.15, -0.1) is 5.10 Å². The molecule has 0 spiro atoms. The van der Waals surface area contributed by atoms with Gasteiger partial charge < -0.3 is 10.4 Å². The van der Waals surface area contributed by atoms with Gasteiger partial charge in [0.2, 0.25) is 5.91 Å². The highest BCUT2D eigenvalue weighted by atomic mass is 32.2. The lowest BCUT2D eigenvalue weighted by Crippen LogP contribution is -2.40. The highest BCUT2D eigenvalue weighted by molar-refractivity contribution is 7.99. The largest absolute Gasteiger partial charge is 0.476 e. The summed E-state index contributed by atoms with van der Waals surface area (Å²) >= 11 is 1.88. The maximum Gasteiger partial charge on any atom is 0.358 e. The fourth-order valence-corrected chi connectivity index (χ4v) is 3.58. The molecule has 2 unspecified atom stereocenters. The van der Waals surface area contributed by atoms with Gasteiger partial charge >= 0.3 is 5.97 Å². The Labute approximate surface area is 121 Å². The molecule has 1 amide bonds. The first-order valence-corrected chi connectivity index (χ1v) is 7.69. The molecule has 0 bridgehead atoms. The van der Waals surface area contributed by atoms with E-state index in [0.717, 1.165) is 25.0 Å². The Morgan fingerprint density at radius 1 is 1.55 bits per heavy atom. The number of hydrogen-bond acceptors (Lipinski definition) is 5. The highest BCUT2D eigenvalue weighted by Crippen LogP contribution is 2.29. The van der Waals surface area contributed by atoms with Crippen molar-refractivity contribution in [2.45, 2.75) is 44.0 Å². The van der Waals surface area contributed by atoms with Crippen LogP contribution in [0.25, 0.3) is 0 Å². The predicted octanol–water partition coefficient (Wildman–Crippen LogP) is 0.767. The Morgan fingerprint density at radius 2 is 2.35 bits per heavy atom. The number of amides is 1. The van der Waals surface area contributed by atoms with Crippen LogP contribution in [0.4, 0.5) is 0 Å². The molecule has 8 heteroatoms. The second-order valence-corrected chi connectivity index (χ2v) is 6.22. The van der Waals surface area contributed by atoms with Gasteiger partial charge in [0.15, 0.2) is 5.69 Å². The van der Waals surface area contributed by atoms with Crippen LogP contribution in [0.2, 0.25) is 0 Å². The number of thioether (sulfide) groups is 1. The quantitative estimate of drug-likeness (QED) is 0.805. The summed E-state index contributed by atoms with van der Waals surface area (Å²) in [7, 11) is 0. The Bertz CT molecular complexity index is 491. The summed E-state index contributed by atoms with van der Waals surface area (Å²) in [5, 5.41) is 19.3. The minimum atomic E-state index is -1.15. The van der Waals surface area contributed by atoms with Crippen LogP contribution in [0.5, 0.6) is 0 Å². The van der Waals surface area contributed by atoms with Crippen molar-refractivity contribution in [2.75, 3.05) is 5.75 Å². The average molecular weight is 298 g/mol. The molecule has 2 N–H and O–H groups in total. The van der Waals surface area contributed by atoms with Crippen molar-refractivity contribution < 1.29 is 14.7 Å². The zero-order chi connectivity index (χ0) is 14.5. The summed E-state index contributed by atoms with van der Waals surface area (Å²) in [6, 6.07) is 0.204. The van der Waals surface area contributed by atoms with Crippen molar-refractivity contribution in [3.8, 4) is 0 Å². The minimum Gasteiger partial charge on any atom is -0.476 e. The van der Waals surface area contributed by atoms with Gasteiger partial charge in [0.25, 0.3) is 0 Å². The van der Waals surface area contributed by atoms with Crippen molar-refractivity contribution in [1.29, 1.82) is 0 Å². The molecule has 20 heavy (non-hydrogen) atoms. The van der Waals surface area contributed by atoms with Crippen LogP contribution in [-0.2, 0) is 11.3 Å². The molecular weight excluding hydrogens is 280 g/mol. The van der Waals surface area contributed by atoms with E-state index in [9.17, 15) is 9.59 Å². The predicted molar refractivity (Wildman–Crippen MR) is 74.7 cm³/mol. The SMILES string of the molecule is CCSC1CCCC1NC(=O)Cn1cc(C(=O)O)nn1. The molecule has 7 nitrogen and oxygen atoms in total. The van der Waals surface area contributed by atoms with E-state index < -0.39 is 5.97 Å². The molecule has 0 aliphatic heterocycles. The molecule has 1 heterocycles. The summed E-state index contributed by atoms with van der Waals surface area (Å²) in [6.07, 6.45) is 4.53. The first-order chi connectivity index (χ1) is 9.60. The standard InChI is InChI=1S/C12H18N4O3S/c1-2-20-10-5-3-4-8(10)13-11(17)7-16-6-9(12(18)19)14-15-16/h6,8,10H,2-5,7H2,1H3,(H,13,17)(H,18,19). The lowest BCUT2D eigenvalue weighted by molar-refractivity contribution is -0.122. The van der Waals surface area contributed by atoms with Crippen molar-refractivity contribution >= 4 is 23.6 Å².